The quantitative estimate of drug-likeness (QED) is 0.945. The molecule has 1 aromatic heterocycles. The highest BCUT2D eigenvalue weighted by molar-refractivity contribution is 5.88. The second kappa shape index (κ2) is 5.51. The van der Waals surface area contributed by atoms with E-state index in [1.165, 1.54) is 0 Å². The highest BCUT2D eigenvalue weighted by atomic mass is 19.4. The number of carboxylic acids is 1. The van der Waals surface area contributed by atoms with Crippen molar-refractivity contribution in [1.82, 2.24) is 9.97 Å². The van der Waals surface area contributed by atoms with E-state index >= 15 is 0 Å². The largest absolute Gasteiger partial charge is 0.478 e. The number of alkyl halides is 3. The molecule has 0 atom stereocenters. The van der Waals surface area contributed by atoms with Crippen LogP contribution in [0, 0.1) is 6.92 Å². The first-order valence-electron chi connectivity index (χ1n) is 5.99. The Morgan fingerprint density at radius 3 is 2.62 bits per heavy atom. The van der Waals surface area contributed by atoms with Crippen LogP contribution in [0.25, 0.3) is 0 Å². The second-order valence-electron chi connectivity index (χ2n) is 4.52. The van der Waals surface area contributed by atoms with Crippen LogP contribution in [-0.4, -0.2) is 21.0 Å². The van der Waals surface area contributed by atoms with Crippen molar-refractivity contribution < 1.29 is 23.1 Å². The van der Waals surface area contributed by atoms with Gasteiger partial charge >= 0.3 is 12.1 Å². The Kier molecular flexibility index (Phi) is 3.93. The Morgan fingerprint density at radius 2 is 2.05 bits per heavy atom. The van der Waals surface area contributed by atoms with Gasteiger partial charge in [-0.3, -0.25) is 0 Å². The zero-order chi connectivity index (χ0) is 15.6. The molecule has 7 heteroatoms. The molecule has 0 bridgehead atoms. The first-order chi connectivity index (χ1) is 9.77. The number of nitrogens with zero attached hydrogens (tertiary/aromatic N) is 2. The van der Waals surface area contributed by atoms with Crippen molar-refractivity contribution in [2.75, 3.05) is 0 Å². The summed E-state index contributed by atoms with van der Waals surface area (Å²) in [7, 11) is 0. The molecule has 1 aromatic carbocycles. The highest BCUT2D eigenvalue weighted by Gasteiger charge is 2.38. The Bertz CT molecular complexity index is 684. The number of aryl methyl sites for hydroxylation is 1. The van der Waals surface area contributed by atoms with Crippen molar-refractivity contribution >= 4 is 5.97 Å². The molecule has 21 heavy (non-hydrogen) atoms. The number of hydrogen-bond donors (Lipinski definition) is 1. The summed E-state index contributed by atoms with van der Waals surface area (Å²) in [4.78, 5) is 17.9. The summed E-state index contributed by atoms with van der Waals surface area (Å²) in [5, 5.41) is 8.77. The zero-order valence-corrected chi connectivity index (χ0v) is 11.0. The monoisotopic (exact) mass is 296 g/mol. The molecule has 1 heterocycles. The lowest BCUT2D eigenvalue weighted by molar-refractivity contribution is -0.141. The minimum absolute atomic E-state index is 0.0714. The summed E-state index contributed by atoms with van der Waals surface area (Å²) < 4.78 is 38.5. The minimum atomic E-state index is -4.84. The van der Waals surface area contributed by atoms with E-state index in [1.54, 1.807) is 12.1 Å². The molecule has 110 valence electrons. The van der Waals surface area contributed by atoms with Crippen molar-refractivity contribution in [3.05, 3.63) is 58.7 Å². The molecule has 0 unspecified atom stereocenters. The van der Waals surface area contributed by atoms with Crippen LogP contribution in [0.1, 0.15) is 33.0 Å². The highest BCUT2D eigenvalue weighted by Crippen LogP contribution is 2.30. The van der Waals surface area contributed by atoms with Crippen LogP contribution in [0.2, 0.25) is 0 Å². The Morgan fingerprint density at radius 1 is 1.33 bits per heavy atom. The average molecular weight is 296 g/mol. The van der Waals surface area contributed by atoms with Gasteiger partial charge in [-0.2, -0.15) is 13.2 Å². The van der Waals surface area contributed by atoms with Crippen molar-refractivity contribution in [2.24, 2.45) is 0 Å². The van der Waals surface area contributed by atoms with Gasteiger partial charge in [-0.15, -0.1) is 0 Å². The van der Waals surface area contributed by atoms with E-state index in [0.29, 0.717) is 6.20 Å². The van der Waals surface area contributed by atoms with Crippen LogP contribution in [0.4, 0.5) is 13.2 Å². The van der Waals surface area contributed by atoms with Crippen LogP contribution < -0.4 is 0 Å². The van der Waals surface area contributed by atoms with Crippen molar-refractivity contribution in [2.45, 2.75) is 19.5 Å². The summed E-state index contributed by atoms with van der Waals surface area (Å²) >= 11 is 0. The molecule has 0 radical (unpaired) electrons. The second-order valence-corrected chi connectivity index (χ2v) is 4.52. The third-order valence-corrected chi connectivity index (χ3v) is 2.78. The molecule has 0 aliphatic heterocycles. The number of aromatic nitrogens is 2. The molecule has 0 amide bonds. The van der Waals surface area contributed by atoms with Gasteiger partial charge in [0, 0.05) is 12.6 Å². The van der Waals surface area contributed by atoms with Crippen molar-refractivity contribution in [3.63, 3.8) is 0 Å². The lowest BCUT2D eigenvalue weighted by atomic mass is 10.1. The van der Waals surface area contributed by atoms with Crippen LogP contribution in [-0.2, 0) is 12.6 Å². The first kappa shape index (κ1) is 15.0. The molecule has 2 rings (SSSR count). The number of halogens is 3. The van der Waals surface area contributed by atoms with Gasteiger partial charge in [-0.05, 0) is 12.5 Å². The third kappa shape index (κ3) is 3.56. The predicted molar refractivity (Wildman–Crippen MR) is 68.0 cm³/mol. The Labute approximate surface area is 118 Å². The minimum Gasteiger partial charge on any atom is -0.478 e. The predicted octanol–water partition coefficient (Wildman–Crippen LogP) is 3.09. The summed E-state index contributed by atoms with van der Waals surface area (Å²) in [6, 6.07) is 7.19. The van der Waals surface area contributed by atoms with Gasteiger partial charge in [0.2, 0.25) is 0 Å². The van der Waals surface area contributed by atoms with E-state index in [9.17, 15) is 18.0 Å². The fourth-order valence-corrected chi connectivity index (χ4v) is 1.88. The fourth-order valence-electron chi connectivity index (χ4n) is 1.88. The molecular weight excluding hydrogens is 285 g/mol. The van der Waals surface area contributed by atoms with Gasteiger partial charge in [-0.1, -0.05) is 29.8 Å². The van der Waals surface area contributed by atoms with Crippen molar-refractivity contribution in [3.8, 4) is 0 Å². The third-order valence-electron chi connectivity index (χ3n) is 2.78. The van der Waals surface area contributed by atoms with Gasteiger partial charge in [0.05, 0.1) is 0 Å². The molecule has 0 saturated carbocycles. The van der Waals surface area contributed by atoms with E-state index < -0.39 is 23.4 Å². The molecule has 0 aliphatic carbocycles. The SMILES string of the molecule is Cc1cccc(Cc2ncc(C(=O)O)c(C(F)(F)F)n2)c1. The first-order valence-corrected chi connectivity index (χ1v) is 5.99. The standard InChI is InChI=1S/C14H11F3N2O2/c1-8-3-2-4-9(5-8)6-11-18-7-10(13(20)21)12(19-11)14(15,16)17/h2-5,7H,6H2,1H3,(H,20,21). The number of carboxylic acid groups (broad SMARTS) is 1. The molecule has 4 nitrogen and oxygen atoms in total. The van der Waals surface area contributed by atoms with E-state index in [-0.39, 0.29) is 12.2 Å². The summed E-state index contributed by atoms with van der Waals surface area (Å²) in [5.74, 6) is -1.78. The maximum absolute atomic E-state index is 12.8. The summed E-state index contributed by atoms with van der Waals surface area (Å²) in [6.07, 6.45) is -4.04. The topological polar surface area (TPSA) is 63.1 Å². The molecule has 0 aliphatic rings. The smallest absolute Gasteiger partial charge is 0.434 e. The van der Waals surface area contributed by atoms with E-state index in [0.717, 1.165) is 11.1 Å². The maximum atomic E-state index is 12.8. The van der Waals surface area contributed by atoms with Gasteiger partial charge in [0.15, 0.2) is 5.69 Å². The Balaban J connectivity index is 2.40. The van der Waals surface area contributed by atoms with Crippen LogP contribution in [0.15, 0.2) is 30.5 Å². The van der Waals surface area contributed by atoms with Gasteiger partial charge < -0.3 is 5.11 Å². The number of carbonyl (C=O) groups is 1. The van der Waals surface area contributed by atoms with Gasteiger partial charge in [0.25, 0.3) is 0 Å². The van der Waals surface area contributed by atoms with Crippen molar-refractivity contribution in [1.29, 1.82) is 0 Å². The number of hydrogen-bond acceptors (Lipinski definition) is 3. The van der Waals surface area contributed by atoms with Crippen LogP contribution in [0.3, 0.4) is 0 Å². The number of aromatic carboxylic acids is 1. The van der Waals surface area contributed by atoms with Gasteiger partial charge in [-0.25, -0.2) is 14.8 Å². The molecule has 0 fully saturated rings. The fraction of sp³-hybridized carbons (Fsp3) is 0.214. The number of benzene rings is 1. The molecule has 0 spiro atoms. The molecule has 0 saturated heterocycles. The molecule has 1 N–H and O–H groups in total. The average Bonchev–Trinajstić information content (AvgIpc) is 2.37. The zero-order valence-electron chi connectivity index (χ0n) is 11.0. The van der Waals surface area contributed by atoms with Gasteiger partial charge in [0.1, 0.15) is 11.4 Å². The maximum Gasteiger partial charge on any atom is 0.434 e. The summed E-state index contributed by atoms with van der Waals surface area (Å²) in [6.45, 7) is 1.86. The normalized spacial score (nSPS) is 11.4. The molecular formula is C14H11F3N2O2. The lowest BCUT2D eigenvalue weighted by Gasteiger charge is -2.10. The van der Waals surface area contributed by atoms with Crippen LogP contribution in [0.5, 0.6) is 0 Å². The van der Waals surface area contributed by atoms with E-state index in [1.807, 2.05) is 19.1 Å². The summed E-state index contributed by atoms with van der Waals surface area (Å²) in [5.41, 5.74) is -0.653. The Hall–Kier alpha value is -2.44. The van der Waals surface area contributed by atoms with E-state index in [2.05, 4.69) is 9.97 Å². The number of rotatable bonds is 3. The lowest BCUT2D eigenvalue weighted by Crippen LogP contribution is -2.17. The van der Waals surface area contributed by atoms with E-state index in [4.69, 9.17) is 5.11 Å². The molecule has 2 aromatic rings. The van der Waals surface area contributed by atoms with Crippen LogP contribution >= 0.6 is 0 Å².